The molecule has 156 valence electrons. The summed E-state index contributed by atoms with van der Waals surface area (Å²) in [6.07, 6.45) is 0.0126. The Morgan fingerprint density at radius 1 is 1.23 bits per heavy atom. The number of hydrogen-bond acceptors (Lipinski definition) is 6. The highest BCUT2D eigenvalue weighted by molar-refractivity contribution is 6.00. The molecule has 0 aliphatic carbocycles. The van der Waals surface area contributed by atoms with Gasteiger partial charge in [-0.25, -0.2) is 0 Å². The number of nitrogens with zero attached hydrogens (tertiary/aromatic N) is 2. The summed E-state index contributed by atoms with van der Waals surface area (Å²) in [7, 11) is 0. The van der Waals surface area contributed by atoms with E-state index in [4.69, 9.17) is 4.74 Å². The third-order valence-electron chi connectivity index (χ3n) is 5.01. The molecule has 0 aromatic heterocycles. The first kappa shape index (κ1) is 21.0. The largest absolute Gasteiger partial charge is 0.455 e. The highest BCUT2D eigenvalue weighted by atomic mass is 16.6. The van der Waals surface area contributed by atoms with Gasteiger partial charge >= 0.3 is 5.97 Å². The number of aryl methyl sites for hydroxylation is 1. The van der Waals surface area contributed by atoms with Gasteiger partial charge in [0.15, 0.2) is 6.61 Å². The van der Waals surface area contributed by atoms with Crippen LogP contribution in [0.5, 0.6) is 0 Å². The van der Waals surface area contributed by atoms with Crippen molar-refractivity contribution in [1.29, 1.82) is 0 Å². The summed E-state index contributed by atoms with van der Waals surface area (Å²) in [5.41, 5.74) is 2.84. The topological polar surface area (TPSA) is 119 Å². The highest BCUT2D eigenvalue weighted by Crippen LogP contribution is 2.29. The Labute approximate surface area is 172 Å². The van der Waals surface area contributed by atoms with Crippen molar-refractivity contribution in [3.8, 4) is 0 Å². The van der Waals surface area contributed by atoms with Crippen molar-refractivity contribution in [2.24, 2.45) is 5.92 Å². The lowest BCUT2D eigenvalue weighted by atomic mass is 10.1. The van der Waals surface area contributed by atoms with E-state index in [0.717, 1.165) is 16.8 Å². The molecule has 0 radical (unpaired) electrons. The van der Waals surface area contributed by atoms with E-state index in [1.165, 1.54) is 24.3 Å². The summed E-state index contributed by atoms with van der Waals surface area (Å²) in [6, 6.07) is 11.1. The molecule has 1 N–H and O–H groups in total. The lowest BCUT2D eigenvalue weighted by molar-refractivity contribution is -0.384. The molecule has 0 saturated carbocycles. The van der Waals surface area contributed by atoms with Gasteiger partial charge < -0.3 is 15.0 Å². The number of non-ortho nitro benzene ring substituents is 1. The zero-order valence-corrected chi connectivity index (χ0v) is 16.6. The van der Waals surface area contributed by atoms with Gasteiger partial charge in [0, 0.05) is 36.5 Å². The molecule has 1 atom stereocenters. The molecule has 1 aliphatic heterocycles. The van der Waals surface area contributed by atoms with E-state index in [9.17, 15) is 24.5 Å². The van der Waals surface area contributed by atoms with Crippen LogP contribution in [0.2, 0.25) is 0 Å². The number of nitro groups is 1. The van der Waals surface area contributed by atoms with Crippen molar-refractivity contribution < 1.29 is 24.0 Å². The lowest BCUT2D eigenvalue weighted by Gasteiger charge is -2.20. The fraction of sp³-hybridized carbons (Fsp3) is 0.286. The van der Waals surface area contributed by atoms with E-state index in [1.54, 1.807) is 4.90 Å². The molecule has 1 fully saturated rings. The summed E-state index contributed by atoms with van der Waals surface area (Å²) in [6.45, 7) is 3.51. The minimum Gasteiger partial charge on any atom is -0.455 e. The van der Waals surface area contributed by atoms with Gasteiger partial charge in [-0.05, 0) is 37.1 Å². The van der Waals surface area contributed by atoms with Gasteiger partial charge in [0.05, 0.1) is 10.8 Å². The number of carbonyl (C=O) groups excluding carboxylic acids is 3. The molecule has 30 heavy (non-hydrogen) atoms. The smallest absolute Gasteiger partial charge is 0.311 e. The Kier molecular flexibility index (Phi) is 6.10. The van der Waals surface area contributed by atoms with Crippen molar-refractivity contribution in [3.05, 3.63) is 63.7 Å². The molecule has 1 aliphatic rings. The molecule has 2 aromatic rings. The van der Waals surface area contributed by atoms with Crippen LogP contribution in [0.15, 0.2) is 42.5 Å². The quantitative estimate of drug-likeness (QED) is 0.443. The lowest BCUT2D eigenvalue weighted by Crippen LogP contribution is -2.28. The average molecular weight is 411 g/mol. The number of hydrogen-bond donors (Lipinski definition) is 1. The molecule has 3 rings (SSSR count). The number of nitrogens with one attached hydrogen (secondary N) is 1. The van der Waals surface area contributed by atoms with Crippen molar-refractivity contribution in [3.63, 3.8) is 0 Å². The molecule has 0 spiro atoms. The van der Waals surface area contributed by atoms with E-state index >= 15 is 0 Å². The van der Waals surface area contributed by atoms with Crippen molar-refractivity contribution >= 4 is 34.8 Å². The maximum Gasteiger partial charge on any atom is 0.311 e. The molecule has 9 nitrogen and oxygen atoms in total. The van der Waals surface area contributed by atoms with E-state index in [2.05, 4.69) is 5.32 Å². The van der Waals surface area contributed by atoms with Crippen LogP contribution in [-0.4, -0.2) is 35.9 Å². The van der Waals surface area contributed by atoms with Gasteiger partial charge in [0.1, 0.15) is 0 Å². The highest BCUT2D eigenvalue weighted by Gasteiger charge is 2.37. The Hall–Kier alpha value is -3.75. The number of amides is 2. The summed E-state index contributed by atoms with van der Waals surface area (Å²) < 4.78 is 5.06. The van der Waals surface area contributed by atoms with E-state index in [-0.39, 0.29) is 30.2 Å². The van der Waals surface area contributed by atoms with Crippen LogP contribution in [0, 0.1) is 29.9 Å². The van der Waals surface area contributed by atoms with Crippen LogP contribution in [0.3, 0.4) is 0 Å². The van der Waals surface area contributed by atoms with Crippen molar-refractivity contribution in [2.75, 3.05) is 23.4 Å². The van der Waals surface area contributed by atoms with Gasteiger partial charge in [0.2, 0.25) is 5.91 Å². The Morgan fingerprint density at radius 2 is 1.97 bits per heavy atom. The van der Waals surface area contributed by atoms with Crippen LogP contribution in [0.25, 0.3) is 0 Å². The van der Waals surface area contributed by atoms with Gasteiger partial charge in [-0.3, -0.25) is 24.5 Å². The Balaban J connectivity index is 1.56. The fourth-order valence-electron chi connectivity index (χ4n) is 3.28. The van der Waals surface area contributed by atoms with E-state index in [1.807, 2.05) is 32.0 Å². The number of nitro benzene ring substituents is 1. The molecule has 1 heterocycles. The zero-order valence-electron chi connectivity index (χ0n) is 16.6. The van der Waals surface area contributed by atoms with Gasteiger partial charge in [-0.2, -0.15) is 0 Å². The molecule has 0 bridgehead atoms. The minimum absolute atomic E-state index is 0.0126. The fourth-order valence-corrected chi connectivity index (χ4v) is 3.28. The maximum atomic E-state index is 12.4. The SMILES string of the molecule is Cc1cccc(N2C[C@@H](C(=O)OCC(=O)Nc3cccc([N+](=O)[O-])c3)CC2=O)c1C. The van der Waals surface area contributed by atoms with Crippen LogP contribution >= 0.6 is 0 Å². The summed E-state index contributed by atoms with van der Waals surface area (Å²) in [5.74, 6) is -2.10. The molecule has 2 aromatic carbocycles. The molecule has 9 heteroatoms. The van der Waals surface area contributed by atoms with Crippen LogP contribution in [0.1, 0.15) is 17.5 Å². The van der Waals surface area contributed by atoms with Crippen LogP contribution < -0.4 is 10.2 Å². The average Bonchev–Trinajstić information content (AvgIpc) is 3.10. The number of carbonyl (C=O) groups is 3. The Morgan fingerprint density at radius 3 is 2.70 bits per heavy atom. The first-order valence-corrected chi connectivity index (χ1v) is 9.34. The molecular weight excluding hydrogens is 390 g/mol. The van der Waals surface area contributed by atoms with Crippen molar-refractivity contribution in [2.45, 2.75) is 20.3 Å². The maximum absolute atomic E-state index is 12.4. The number of esters is 1. The Bertz CT molecular complexity index is 1020. The van der Waals surface area contributed by atoms with Gasteiger partial charge in [-0.15, -0.1) is 0 Å². The van der Waals surface area contributed by atoms with Gasteiger partial charge in [0.25, 0.3) is 11.6 Å². The summed E-state index contributed by atoms with van der Waals surface area (Å²) >= 11 is 0. The molecule has 0 unspecified atom stereocenters. The van der Waals surface area contributed by atoms with Gasteiger partial charge in [-0.1, -0.05) is 18.2 Å². The minimum atomic E-state index is -0.664. The monoisotopic (exact) mass is 411 g/mol. The molecular formula is C21H21N3O6. The normalized spacial score (nSPS) is 15.7. The molecule has 1 saturated heterocycles. The third-order valence-corrected chi connectivity index (χ3v) is 5.01. The number of rotatable bonds is 6. The molecule has 2 amide bonds. The number of ether oxygens (including phenoxy) is 1. The van der Waals surface area contributed by atoms with Crippen LogP contribution in [0.4, 0.5) is 17.1 Å². The predicted octanol–water partition coefficient (Wildman–Crippen LogP) is 2.75. The zero-order chi connectivity index (χ0) is 21.8. The second-order valence-corrected chi connectivity index (χ2v) is 7.09. The predicted molar refractivity (Wildman–Crippen MR) is 109 cm³/mol. The number of anilines is 2. The number of benzene rings is 2. The summed E-state index contributed by atoms with van der Waals surface area (Å²) in [5, 5.41) is 13.2. The van der Waals surface area contributed by atoms with E-state index < -0.39 is 29.3 Å². The third kappa shape index (κ3) is 4.62. The van der Waals surface area contributed by atoms with Crippen LogP contribution in [-0.2, 0) is 19.1 Å². The van der Waals surface area contributed by atoms with Crippen molar-refractivity contribution in [1.82, 2.24) is 0 Å². The first-order valence-electron chi connectivity index (χ1n) is 9.34. The summed E-state index contributed by atoms with van der Waals surface area (Å²) in [4.78, 5) is 48.5. The van der Waals surface area contributed by atoms with E-state index in [0.29, 0.717) is 0 Å². The second kappa shape index (κ2) is 8.73. The second-order valence-electron chi connectivity index (χ2n) is 7.09. The standard InChI is InChI=1S/C21H21N3O6/c1-13-5-3-8-18(14(13)2)23-11-15(9-20(23)26)21(27)30-12-19(25)22-16-6-4-7-17(10-16)24(28)29/h3-8,10,15H,9,11-12H2,1-2H3,(H,22,25)/t15-/m0/s1. The first-order chi connectivity index (χ1) is 14.3.